The molecule has 1 aromatic heterocycles. The van der Waals surface area contributed by atoms with Gasteiger partial charge in [-0.25, -0.2) is 4.39 Å². The number of hydrogen-bond donors (Lipinski definition) is 0. The molecule has 1 unspecified atom stereocenters. The van der Waals surface area contributed by atoms with Crippen LogP contribution in [-0.4, -0.2) is 34.1 Å². The van der Waals surface area contributed by atoms with E-state index in [2.05, 4.69) is 35.4 Å². The summed E-state index contributed by atoms with van der Waals surface area (Å²) in [6.07, 6.45) is -4.70. The summed E-state index contributed by atoms with van der Waals surface area (Å²) in [5, 5.41) is 6.34. The molecule has 188 valence electrons. The molecular formula is C26H29F4N3O2. The SMILES string of the molecule is CCN(CC)C(=O)C(Cc1ccc(-c2nnc(C(F)(F)F)o2)cc1F)c1ccc(C(C)(C)C)cc1. The molecule has 0 aliphatic rings. The quantitative estimate of drug-likeness (QED) is 0.360. The first kappa shape index (κ1) is 26.4. The van der Waals surface area contributed by atoms with E-state index in [-0.39, 0.29) is 28.9 Å². The highest BCUT2D eigenvalue weighted by molar-refractivity contribution is 5.84. The Balaban J connectivity index is 1.93. The lowest BCUT2D eigenvalue weighted by molar-refractivity contribution is -0.157. The number of halogens is 4. The second-order valence-corrected chi connectivity index (χ2v) is 9.36. The number of nitrogens with zero attached hydrogens (tertiary/aromatic N) is 3. The van der Waals surface area contributed by atoms with Gasteiger partial charge in [0, 0.05) is 18.7 Å². The molecule has 35 heavy (non-hydrogen) atoms. The number of aromatic nitrogens is 2. The molecule has 5 nitrogen and oxygen atoms in total. The van der Waals surface area contributed by atoms with E-state index in [4.69, 9.17) is 0 Å². The molecule has 1 heterocycles. The van der Waals surface area contributed by atoms with E-state index in [0.717, 1.165) is 17.2 Å². The molecular weight excluding hydrogens is 462 g/mol. The monoisotopic (exact) mass is 491 g/mol. The summed E-state index contributed by atoms with van der Waals surface area (Å²) in [7, 11) is 0. The van der Waals surface area contributed by atoms with Gasteiger partial charge in [0.15, 0.2) is 0 Å². The second-order valence-electron chi connectivity index (χ2n) is 9.36. The zero-order chi connectivity index (χ0) is 26.0. The van der Waals surface area contributed by atoms with Crippen molar-refractivity contribution in [2.45, 2.75) is 58.5 Å². The molecule has 2 aromatic carbocycles. The summed E-state index contributed by atoms with van der Waals surface area (Å²) in [5.41, 5.74) is 2.11. The predicted molar refractivity (Wildman–Crippen MR) is 124 cm³/mol. The summed E-state index contributed by atoms with van der Waals surface area (Å²) in [5.74, 6) is -3.34. The maximum atomic E-state index is 15.1. The Morgan fingerprint density at radius 3 is 2.11 bits per heavy atom. The molecule has 0 spiro atoms. The van der Waals surface area contributed by atoms with Gasteiger partial charge in [-0.1, -0.05) is 51.1 Å². The van der Waals surface area contributed by atoms with E-state index < -0.39 is 29.7 Å². The van der Waals surface area contributed by atoms with Gasteiger partial charge >= 0.3 is 12.1 Å². The molecule has 3 rings (SSSR count). The van der Waals surface area contributed by atoms with Gasteiger partial charge in [0.05, 0.1) is 5.92 Å². The van der Waals surface area contributed by atoms with Gasteiger partial charge in [-0.3, -0.25) is 4.79 Å². The molecule has 0 saturated heterocycles. The van der Waals surface area contributed by atoms with Crippen molar-refractivity contribution in [3.05, 3.63) is 70.9 Å². The normalized spacial score (nSPS) is 13.1. The number of hydrogen-bond acceptors (Lipinski definition) is 4. The van der Waals surface area contributed by atoms with Crippen molar-refractivity contribution < 1.29 is 26.8 Å². The first-order valence-electron chi connectivity index (χ1n) is 11.4. The summed E-state index contributed by atoms with van der Waals surface area (Å²) >= 11 is 0. The molecule has 0 aliphatic heterocycles. The molecule has 0 aliphatic carbocycles. The van der Waals surface area contributed by atoms with Gasteiger partial charge < -0.3 is 9.32 Å². The van der Waals surface area contributed by atoms with Gasteiger partial charge in [0.2, 0.25) is 11.8 Å². The summed E-state index contributed by atoms with van der Waals surface area (Å²) < 4.78 is 58.0. The van der Waals surface area contributed by atoms with Crippen molar-refractivity contribution in [3.8, 4) is 11.5 Å². The Bertz CT molecular complexity index is 1160. The van der Waals surface area contributed by atoms with E-state index in [1.165, 1.54) is 12.1 Å². The Morgan fingerprint density at radius 1 is 1.00 bits per heavy atom. The van der Waals surface area contributed by atoms with Crippen molar-refractivity contribution in [1.82, 2.24) is 15.1 Å². The van der Waals surface area contributed by atoms with Gasteiger partial charge in [-0.05, 0) is 54.5 Å². The number of likely N-dealkylation sites (N-methyl/N-ethyl adjacent to an activating group) is 1. The fourth-order valence-corrected chi connectivity index (χ4v) is 3.84. The van der Waals surface area contributed by atoms with Crippen molar-refractivity contribution in [3.63, 3.8) is 0 Å². The van der Waals surface area contributed by atoms with E-state index >= 15 is 4.39 Å². The molecule has 0 saturated carbocycles. The topological polar surface area (TPSA) is 59.2 Å². The zero-order valence-corrected chi connectivity index (χ0v) is 20.4. The lowest BCUT2D eigenvalue weighted by atomic mass is 9.84. The van der Waals surface area contributed by atoms with Crippen LogP contribution in [-0.2, 0) is 22.8 Å². The standard InChI is InChI=1S/C26H29F4N3O2/c1-6-33(7-2)23(34)20(16-10-12-19(13-11-16)25(3,4)5)14-17-8-9-18(15-21(17)27)22-31-32-24(35-22)26(28,29)30/h8-13,15,20H,6-7,14H2,1-5H3. The number of carbonyl (C=O) groups is 1. The highest BCUT2D eigenvalue weighted by Crippen LogP contribution is 2.32. The maximum Gasteiger partial charge on any atom is 0.470 e. The maximum absolute atomic E-state index is 15.1. The Kier molecular flexibility index (Phi) is 7.67. The van der Waals surface area contributed by atoms with E-state index in [9.17, 15) is 18.0 Å². The minimum atomic E-state index is -4.79. The fraction of sp³-hybridized carbons (Fsp3) is 0.423. The molecule has 0 fully saturated rings. The Hall–Kier alpha value is -3.23. The van der Waals surface area contributed by atoms with E-state index in [1.54, 1.807) is 4.90 Å². The minimum Gasteiger partial charge on any atom is -0.413 e. The first-order valence-corrected chi connectivity index (χ1v) is 11.4. The summed E-state index contributed by atoms with van der Waals surface area (Å²) in [4.78, 5) is 15.1. The molecule has 1 amide bonds. The van der Waals surface area contributed by atoms with Crippen LogP contribution in [0.5, 0.6) is 0 Å². The van der Waals surface area contributed by atoms with Crippen LogP contribution in [0, 0.1) is 5.82 Å². The van der Waals surface area contributed by atoms with Gasteiger partial charge in [-0.15, -0.1) is 10.2 Å². The molecule has 0 N–H and O–H groups in total. The molecule has 0 bridgehead atoms. The van der Waals surface area contributed by atoms with E-state index in [1.807, 2.05) is 38.1 Å². The van der Waals surface area contributed by atoms with Crippen molar-refractivity contribution in [1.29, 1.82) is 0 Å². The van der Waals surface area contributed by atoms with Crippen LogP contribution < -0.4 is 0 Å². The smallest absolute Gasteiger partial charge is 0.413 e. The Labute approximate surface area is 202 Å². The van der Waals surface area contributed by atoms with E-state index in [0.29, 0.717) is 13.1 Å². The van der Waals surface area contributed by atoms with Crippen LogP contribution in [0.4, 0.5) is 17.6 Å². The lowest BCUT2D eigenvalue weighted by Crippen LogP contribution is -2.35. The summed E-state index contributed by atoms with van der Waals surface area (Å²) in [6.45, 7) is 11.1. The number of benzene rings is 2. The van der Waals surface area contributed by atoms with Crippen LogP contribution >= 0.6 is 0 Å². The van der Waals surface area contributed by atoms with Crippen LogP contribution in [0.3, 0.4) is 0 Å². The Morgan fingerprint density at radius 2 is 1.63 bits per heavy atom. The average Bonchev–Trinajstić information content (AvgIpc) is 3.29. The largest absolute Gasteiger partial charge is 0.470 e. The highest BCUT2D eigenvalue weighted by Gasteiger charge is 2.38. The third-order valence-corrected chi connectivity index (χ3v) is 5.94. The third kappa shape index (κ3) is 6.07. The van der Waals surface area contributed by atoms with Crippen molar-refractivity contribution >= 4 is 5.91 Å². The molecule has 3 aromatic rings. The molecule has 9 heteroatoms. The zero-order valence-electron chi connectivity index (χ0n) is 20.4. The number of rotatable bonds is 7. The molecule has 1 atom stereocenters. The molecule has 0 radical (unpaired) electrons. The van der Waals surface area contributed by atoms with Crippen LogP contribution in [0.15, 0.2) is 46.9 Å². The third-order valence-electron chi connectivity index (χ3n) is 5.94. The first-order chi connectivity index (χ1) is 16.3. The lowest BCUT2D eigenvalue weighted by Gasteiger charge is -2.26. The summed E-state index contributed by atoms with van der Waals surface area (Å²) in [6, 6.07) is 11.6. The van der Waals surface area contributed by atoms with Crippen molar-refractivity contribution in [2.75, 3.05) is 13.1 Å². The van der Waals surface area contributed by atoms with Crippen LogP contribution in [0.25, 0.3) is 11.5 Å². The average molecular weight is 492 g/mol. The number of alkyl halides is 3. The number of carbonyl (C=O) groups excluding carboxylic acids is 1. The van der Waals surface area contributed by atoms with Gasteiger partial charge in [0.25, 0.3) is 0 Å². The number of amides is 1. The second kappa shape index (κ2) is 10.2. The van der Waals surface area contributed by atoms with Gasteiger partial charge in [-0.2, -0.15) is 13.2 Å². The minimum absolute atomic E-state index is 0.0235. The fourth-order valence-electron chi connectivity index (χ4n) is 3.84. The van der Waals surface area contributed by atoms with Gasteiger partial charge in [0.1, 0.15) is 5.82 Å². The van der Waals surface area contributed by atoms with Crippen LogP contribution in [0.2, 0.25) is 0 Å². The predicted octanol–water partition coefficient (Wildman–Crippen LogP) is 6.39. The van der Waals surface area contributed by atoms with Crippen LogP contribution in [0.1, 0.15) is 63.1 Å². The highest BCUT2D eigenvalue weighted by atomic mass is 19.4. The van der Waals surface area contributed by atoms with Crippen molar-refractivity contribution in [2.24, 2.45) is 0 Å².